The maximum absolute atomic E-state index is 5.87. The monoisotopic (exact) mass is 224 g/mol. The molecule has 1 unspecified atom stereocenters. The highest BCUT2D eigenvalue weighted by Gasteiger charge is 2.35. The van der Waals surface area contributed by atoms with E-state index in [1.807, 2.05) is 4.68 Å². The first-order valence-corrected chi connectivity index (χ1v) is 5.94. The molecule has 1 aliphatic heterocycles. The van der Waals surface area contributed by atoms with Gasteiger partial charge in [0.2, 0.25) is 0 Å². The molecule has 0 saturated carbocycles. The lowest BCUT2D eigenvalue weighted by Gasteiger charge is -2.24. The fourth-order valence-electron chi connectivity index (χ4n) is 2.18. The second-order valence-electron chi connectivity index (χ2n) is 4.58. The van der Waals surface area contributed by atoms with Crippen molar-refractivity contribution in [3.8, 4) is 0 Å². The van der Waals surface area contributed by atoms with E-state index in [1.165, 1.54) is 0 Å². The van der Waals surface area contributed by atoms with Crippen LogP contribution in [0.2, 0.25) is 0 Å². The van der Waals surface area contributed by atoms with Crippen LogP contribution >= 0.6 is 0 Å². The van der Waals surface area contributed by atoms with E-state index in [9.17, 15) is 0 Å². The highest BCUT2D eigenvalue weighted by atomic mass is 16.5. The summed E-state index contributed by atoms with van der Waals surface area (Å²) < 4.78 is 7.44. The zero-order valence-corrected chi connectivity index (χ0v) is 9.85. The van der Waals surface area contributed by atoms with E-state index in [-0.39, 0.29) is 5.41 Å². The summed E-state index contributed by atoms with van der Waals surface area (Å²) in [5.41, 5.74) is 5.95. The van der Waals surface area contributed by atoms with Crippen molar-refractivity contribution in [2.75, 3.05) is 19.8 Å². The number of ether oxygens (including phenoxy) is 1. The first kappa shape index (κ1) is 11.5. The molecule has 5 heteroatoms. The number of aryl methyl sites for hydroxylation is 1. The van der Waals surface area contributed by atoms with Gasteiger partial charge in [-0.1, -0.05) is 6.92 Å². The number of nitrogens with zero attached hydrogens (tertiary/aromatic N) is 3. The highest BCUT2D eigenvalue weighted by Crippen LogP contribution is 2.30. The second-order valence-corrected chi connectivity index (χ2v) is 4.58. The van der Waals surface area contributed by atoms with Gasteiger partial charge in [0.1, 0.15) is 12.2 Å². The smallest absolute Gasteiger partial charge is 0.138 e. The van der Waals surface area contributed by atoms with Crippen LogP contribution in [0.25, 0.3) is 0 Å². The summed E-state index contributed by atoms with van der Waals surface area (Å²) in [6.45, 7) is 5.30. The van der Waals surface area contributed by atoms with Gasteiger partial charge < -0.3 is 10.5 Å². The minimum Gasteiger partial charge on any atom is -0.381 e. The summed E-state index contributed by atoms with van der Waals surface area (Å²) in [7, 11) is 0. The van der Waals surface area contributed by atoms with Gasteiger partial charge in [-0.3, -0.25) is 4.68 Å². The van der Waals surface area contributed by atoms with E-state index in [0.717, 1.165) is 44.8 Å². The van der Waals surface area contributed by atoms with Gasteiger partial charge >= 0.3 is 0 Å². The summed E-state index contributed by atoms with van der Waals surface area (Å²) >= 11 is 0. The van der Waals surface area contributed by atoms with Gasteiger partial charge in [-0.15, -0.1) is 0 Å². The Kier molecular flexibility index (Phi) is 3.56. The summed E-state index contributed by atoms with van der Waals surface area (Å²) in [6.07, 6.45) is 4.61. The SMILES string of the molecule is CCCn1ncnc1CC1(CN)CCOC1. The predicted octanol–water partition coefficient (Wildman–Crippen LogP) is 0.596. The maximum Gasteiger partial charge on any atom is 0.138 e. The van der Waals surface area contributed by atoms with Crippen LogP contribution in [0.15, 0.2) is 6.33 Å². The van der Waals surface area contributed by atoms with Gasteiger partial charge in [0.25, 0.3) is 0 Å². The van der Waals surface area contributed by atoms with Crippen molar-refractivity contribution in [2.45, 2.75) is 32.7 Å². The number of nitrogens with two attached hydrogens (primary N) is 1. The van der Waals surface area contributed by atoms with Crippen molar-refractivity contribution in [1.82, 2.24) is 14.8 Å². The van der Waals surface area contributed by atoms with Crippen molar-refractivity contribution in [2.24, 2.45) is 11.1 Å². The number of aromatic nitrogens is 3. The van der Waals surface area contributed by atoms with Crippen LogP contribution < -0.4 is 5.73 Å². The molecule has 0 aromatic carbocycles. The van der Waals surface area contributed by atoms with E-state index in [1.54, 1.807) is 6.33 Å². The fourth-order valence-corrected chi connectivity index (χ4v) is 2.18. The van der Waals surface area contributed by atoms with Crippen molar-refractivity contribution < 1.29 is 4.74 Å². The van der Waals surface area contributed by atoms with Crippen molar-refractivity contribution in [3.63, 3.8) is 0 Å². The fraction of sp³-hybridized carbons (Fsp3) is 0.818. The Morgan fingerprint density at radius 2 is 2.50 bits per heavy atom. The van der Waals surface area contributed by atoms with E-state index in [0.29, 0.717) is 6.54 Å². The Balaban J connectivity index is 2.09. The largest absolute Gasteiger partial charge is 0.381 e. The molecule has 0 bridgehead atoms. The normalized spacial score (nSPS) is 25.1. The van der Waals surface area contributed by atoms with Gasteiger partial charge in [0, 0.05) is 31.5 Å². The molecular formula is C11H20N4O. The summed E-state index contributed by atoms with van der Waals surface area (Å²) in [4.78, 5) is 4.33. The number of rotatable bonds is 5. The molecule has 1 aromatic rings. The minimum absolute atomic E-state index is 0.0819. The second kappa shape index (κ2) is 4.93. The minimum atomic E-state index is 0.0819. The third-order valence-electron chi connectivity index (χ3n) is 3.28. The molecule has 1 aromatic heterocycles. The van der Waals surface area contributed by atoms with Gasteiger partial charge in [0.15, 0.2) is 0 Å². The van der Waals surface area contributed by atoms with Crippen LogP contribution in [0.3, 0.4) is 0 Å². The summed E-state index contributed by atoms with van der Waals surface area (Å²) in [5, 5.41) is 4.24. The molecule has 1 atom stereocenters. The Morgan fingerprint density at radius 3 is 3.12 bits per heavy atom. The average molecular weight is 224 g/mol. The number of hydrogen-bond donors (Lipinski definition) is 1. The molecular weight excluding hydrogens is 204 g/mol. The van der Waals surface area contributed by atoms with Crippen LogP contribution in [0.5, 0.6) is 0 Å². The zero-order valence-electron chi connectivity index (χ0n) is 9.85. The molecule has 90 valence electrons. The molecule has 0 spiro atoms. The molecule has 0 amide bonds. The van der Waals surface area contributed by atoms with Crippen molar-refractivity contribution in [3.05, 3.63) is 12.2 Å². The summed E-state index contributed by atoms with van der Waals surface area (Å²) in [5.74, 6) is 1.04. The van der Waals surface area contributed by atoms with E-state index in [2.05, 4.69) is 17.0 Å². The summed E-state index contributed by atoms with van der Waals surface area (Å²) in [6, 6.07) is 0. The Bertz CT molecular complexity index is 330. The van der Waals surface area contributed by atoms with Crippen LogP contribution in [0, 0.1) is 5.41 Å². The maximum atomic E-state index is 5.87. The molecule has 2 heterocycles. The Morgan fingerprint density at radius 1 is 1.62 bits per heavy atom. The highest BCUT2D eigenvalue weighted by molar-refractivity contribution is 4.96. The zero-order chi connectivity index (χ0) is 11.4. The lowest BCUT2D eigenvalue weighted by Crippen LogP contribution is -2.34. The van der Waals surface area contributed by atoms with Gasteiger partial charge in [0.05, 0.1) is 6.61 Å². The number of hydrogen-bond acceptors (Lipinski definition) is 4. The van der Waals surface area contributed by atoms with Crippen molar-refractivity contribution in [1.29, 1.82) is 0 Å². The van der Waals surface area contributed by atoms with Gasteiger partial charge in [-0.25, -0.2) is 4.98 Å². The average Bonchev–Trinajstić information content (AvgIpc) is 2.91. The molecule has 2 rings (SSSR count). The van der Waals surface area contributed by atoms with Crippen molar-refractivity contribution >= 4 is 0 Å². The quantitative estimate of drug-likeness (QED) is 0.795. The van der Waals surface area contributed by atoms with Crippen LogP contribution in [-0.2, 0) is 17.7 Å². The Hall–Kier alpha value is -0.940. The molecule has 0 aliphatic carbocycles. The molecule has 0 radical (unpaired) electrons. The molecule has 1 saturated heterocycles. The first-order chi connectivity index (χ1) is 7.79. The predicted molar refractivity (Wildman–Crippen MR) is 60.9 cm³/mol. The Labute approximate surface area is 96.0 Å². The van der Waals surface area contributed by atoms with Crippen LogP contribution in [0.1, 0.15) is 25.6 Å². The lowest BCUT2D eigenvalue weighted by atomic mass is 9.83. The lowest BCUT2D eigenvalue weighted by molar-refractivity contribution is 0.152. The van der Waals surface area contributed by atoms with Gasteiger partial charge in [-0.05, 0) is 12.8 Å². The third kappa shape index (κ3) is 2.25. The molecule has 5 nitrogen and oxygen atoms in total. The van der Waals surface area contributed by atoms with E-state index < -0.39 is 0 Å². The molecule has 1 aliphatic rings. The van der Waals surface area contributed by atoms with Crippen LogP contribution in [-0.4, -0.2) is 34.5 Å². The topological polar surface area (TPSA) is 66.0 Å². The van der Waals surface area contributed by atoms with E-state index >= 15 is 0 Å². The molecule has 16 heavy (non-hydrogen) atoms. The standard InChI is InChI=1S/C11H20N4O/c1-2-4-15-10(13-9-14-15)6-11(7-12)3-5-16-8-11/h9H,2-8,12H2,1H3. The van der Waals surface area contributed by atoms with Crippen LogP contribution in [0.4, 0.5) is 0 Å². The molecule has 2 N–H and O–H groups in total. The first-order valence-electron chi connectivity index (χ1n) is 5.94. The van der Waals surface area contributed by atoms with Gasteiger partial charge in [-0.2, -0.15) is 5.10 Å². The molecule has 1 fully saturated rings. The van der Waals surface area contributed by atoms with E-state index in [4.69, 9.17) is 10.5 Å². The third-order valence-corrected chi connectivity index (χ3v) is 3.28.